The average Bonchev–Trinajstić information content (AvgIpc) is 2.08. The Morgan fingerprint density at radius 3 is 2.54 bits per heavy atom. The first-order valence-corrected chi connectivity index (χ1v) is 4.22. The highest BCUT2D eigenvalue weighted by molar-refractivity contribution is 5.26. The normalized spacial score (nSPS) is 15.5. The van der Waals surface area contributed by atoms with E-state index in [1.807, 2.05) is 0 Å². The third kappa shape index (κ3) is 2.26. The number of aliphatic hydroxyl groups is 1. The zero-order chi connectivity index (χ0) is 10.0. The van der Waals surface area contributed by atoms with E-state index in [1.54, 1.807) is 26.0 Å². The van der Waals surface area contributed by atoms with Gasteiger partial charge in [0.05, 0.1) is 12.1 Å². The fraction of sp³-hybridized carbons (Fsp3) is 0.400. The first kappa shape index (κ1) is 10.2. The molecule has 0 heterocycles. The Bertz CT molecular complexity index is 299. The van der Waals surface area contributed by atoms with Gasteiger partial charge in [-0.15, -0.1) is 0 Å². The number of benzene rings is 1. The lowest BCUT2D eigenvalue weighted by Gasteiger charge is -2.15. The van der Waals surface area contributed by atoms with E-state index in [0.717, 1.165) is 5.56 Å². The van der Waals surface area contributed by atoms with E-state index in [-0.39, 0.29) is 5.82 Å². The quantitative estimate of drug-likeness (QED) is 0.730. The molecule has 72 valence electrons. The third-order valence-corrected chi connectivity index (χ3v) is 2.09. The van der Waals surface area contributed by atoms with Crippen LogP contribution in [-0.4, -0.2) is 11.2 Å². The maximum Gasteiger partial charge on any atom is 0.126 e. The molecule has 13 heavy (non-hydrogen) atoms. The SMILES string of the molecule is Cc1cc([C@@H](N)[C@@H](C)O)ccc1F. The molecular formula is C10H14FNO. The maximum atomic E-state index is 12.9. The van der Waals surface area contributed by atoms with E-state index < -0.39 is 12.1 Å². The van der Waals surface area contributed by atoms with Gasteiger partial charge in [0.15, 0.2) is 0 Å². The van der Waals surface area contributed by atoms with Crippen LogP contribution in [0.3, 0.4) is 0 Å². The molecule has 0 aromatic heterocycles. The minimum atomic E-state index is -0.620. The van der Waals surface area contributed by atoms with Crippen LogP contribution in [0.4, 0.5) is 4.39 Å². The highest BCUT2D eigenvalue weighted by Crippen LogP contribution is 2.17. The van der Waals surface area contributed by atoms with Crippen molar-refractivity contribution in [1.29, 1.82) is 0 Å². The highest BCUT2D eigenvalue weighted by Gasteiger charge is 2.12. The van der Waals surface area contributed by atoms with Crippen LogP contribution in [0.1, 0.15) is 24.1 Å². The number of rotatable bonds is 2. The molecule has 2 atom stereocenters. The molecule has 2 nitrogen and oxygen atoms in total. The van der Waals surface area contributed by atoms with Crippen LogP contribution in [-0.2, 0) is 0 Å². The molecule has 0 saturated heterocycles. The van der Waals surface area contributed by atoms with Crippen molar-refractivity contribution in [2.45, 2.75) is 26.0 Å². The zero-order valence-electron chi connectivity index (χ0n) is 7.79. The number of nitrogens with two attached hydrogens (primary N) is 1. The van der Waals surface area contributed by atoms with E-state index in [2.05, 4.69) is 0 Å². The fourth-order valence-electron chi connectivity index (χ4n) is 1.15. The zero-order valence-corrected chi connectivity index (χ0v) is 7.79. The molecule has 1 aromatic rings. The molecule has 0 aliphatic carbocycles. The Labute approximate surface area is 77.2 Å². The molecule has 3 heteroatoms. The van der Waals surface area contributed by atoms with Crippen molar-refractivity contribution in [3.63, 3.8) is 0 Å². The van der Waals surface area contributed by atoms with Crippen molar-refractivity contribution in [1.82, 2.24) is 0 Å². The minimum Gasteiger partial charge on any atom is -0.391 e. The summed E-state index contributed by atoms with van der Waals surface area (Å²) in [4.78, 5) is 0. The van der Waals surface area contributed by atoms with Crippen LogP contribution in [0.15, 0.2) is 18.2 Å². The summed E-state index contributed by atoms with van der Waals surface area (Å²) < 4.78 is 12.9. The van der Waals surface area contributed by atoms with Gasteiger partial charge in [-0.3, -0.25) is 0 Å². The predicted molar refractivity (Wildman–Crippen MR) is 49.7 cm³/mol. The summed E-state index contributed by atoms with van der Waals surface area (Å²) in [7, 11) is 0. The van der Waals surface area contributed by atoms with E-state index in [1.165, 1.54) is 6.07 Å². The summed E-state index contributed by atoms with van der Waals surface area (Å²) in [6.45, 7) is 3.29. The molecule has 0 spiro atoms. The molecule has 0 unspecified atom stereocenters. The third-order valence-electron chi connectivity index (χ3n) is 2.09. The van der Waals surface area contributed by atoms with Crippen molar-refractivity contribution < 1.29 is 9.50 Å². The van der Waals surface area contributed by atoms with Crippen LogP contribution in [0.25, 0.3) is 0 Å². The molecule has 0 saturated carbocycles. The molecule has 1 aromatic carbocycles. The van der Waals surface area contributed by atoms with Gasteiger partial charge < -0.3 is 10.8 Å². The van der Waals surface area contributed by atoms with Crippen LogP contribution < -0.4 is 5.73 Å². The smallest absolute Gasteiger partial charge is 0.126 e. The van der Waals surface area contributed by atoms with Gasteiger partial charge in [-0.1, -0.05) is 12.1 Å². The summed E-state index contributed by atoms with van der Waals surface area (Å²) in [5.74, 6) is -0.249. The van der Waals surface area contributed by atoms with E-state index in [9.17, 15) is 9.50 Å². The van der Waals surface area contributed by atoms with Crippen LogP contribution in [0.2, 0.25) is 0 Å². The predicted octanol–water partition coefficient (Wildman–Crippen LogP) is 1.51. The Morgan fingerprint density at radius 2 is 2.08 bits per heavy atom. The Hall–Kier alpha value is -0.930. The lowest BCUT2D eigenvalue weighted by atomic mass is 10.0. The van der Waals surface area contributed by atoms with Gasteiger partial charge in [0.25, 0.3) is 0 Å². The number of aryl methyl sites for hydroxylation is 1. The molecule has 0 radical (unpaired) electrons. The number of hydrogen-bond donors (Lipinski definition) is 2. The molecule has 0 fully saturated rings. The number of aliphatic hydroxyl groups excluding tert-OH is 1. The molecule has 0 aliphatic heterocycles. The summed E-state index contributed by atoms with van der Waals surface area (Å²) in [5, 5.41) is 9.22. The van der Waals surface area contributed by atoms with Crippen LogP contribution >= 0.6 is 0 Å². The van der Waals surface area contributed by atoms with E-state index >= 15 is 0 Å². The standard InChI is InChI=1S/C10H14FNO/c1-6-5-8(3-4-9(6)11)10(12)7(2)13/h3-5,7,10,13H,12H2,1-2H3/t7-,10+/m1/s1. The first-order chi connectivity index (χ1) is 6.02. The highest BCUT2D eigenvalue weighted by atomic mass is 19.1. The molecular weight excluding hydrogens is 169 g/mol. The summed E-state index contributed by atoms with van der Waals surface area (Å²) in [6, 6.07) is 4.18. The van der Waals surface area contributed by atoms with Gasteiger partial charge in [0.1, 0.15) is 5.82 Å². The van der Waals surface area contributed by atoms with Crippen LogP contribution in [0, 0.1) is 12.7 Å². The molecule has 0 bridgehead atoms. The van der Waals surface area contributed by atoms with Crippen molar-refractivity contribution >= 4 is 0 Å². The molecule has 0 amide bonds. The second-order valence-corrected chi connectivity index (χ2v) is 3.28. The first-order valence-electron chi connectivity index (χ1n) is 4.22. The Kier molecular flexibility index (Phi) is 3.01. The lowest BCUT2D eigenvalue weighted by molar-refractivity contribution is 0.164. The van der Waals surface area contributed by atoms with Crippen molar-refractivity contribution in [2.75, 3.05) is 0 Å². The van der Waals surface area contributed by atoms with Gasteiger partial charge in [-0.2, -0.15) is 0 Å². The van der Waals surface area contributed by atoms with Crippen molar-refractivity contribution in [2.24, 2.45) is 5.73 Å². The Morgan fingerprint density at radius 1 is 1.46 bits per heavy atom. The number of halogens is 1. The van der Waals surface area contributed by atoms with Gasteiger partial charge >= 0.3 is 0 Å². The van der Waals surface area contributed by atoms with E-state index in [4.69, 9.17) is 5.73 Å². The van der Waals surface area contributed by atoms with Gasteiger partial charge in [0, 0.05) is 0 Å². The number of hydrogen-bond acceptors (Lipinski definition) is 2. The van der Waals surface area contributed by atoms with Gasteiger partial charge in [0.2, 0.25) is 0 Å². The Balaban J connectivity index is 2.97. The molecule has 0 aliphatic rings. The minimum absolute atomic E-state index is 0.249. The summed E-state index contributed by atoms with van der Waals surface area (Å²) in [6.07, 6.45) is -0.620. The lowest BCUT2D eigenvalue weighted by Crippen LogP contribution is -2.23. The largest absolute Gasteiger partial charge is 0.391 e. The molecule has 3 N–H and O–H groups in total. The fourth-order valence-corrected chi connectivity index (χ4v) is 1.15. The van der Waals surface area contributed by atoms with Crippen LogP contribution in [0.5, 0.6) is 0 Å². The second kappa shape index (κ2) is 3.85. The topological polar surface area (TPSA) is 46.2 Å². The van der Waals surface area contributed by atoms with Gasteiger partial charge in [-0.25, -0.2) is 4.39 Å². The maximum absolute atomic E-state index is 12.9. The summed E-state index contributed by atoms with van der Waals surface area (Å²) >= 11 is 0. The molecule has 1 rings (SSSR count). The summed E-state index contributed by atoms with van der Waals surface area (Å²) in [5.41, 5.74) is 6.99. The van der Waals surface area contributed by atoms with Crippen molar-refractivity contribution in [3.05, 3.63) is 35.1 Å². The second-order valence-electron chi connectivity index (χ2n) is 3.28. The average molecular weight is 183 g/mol. The van der Waals surface area contributed by atoms with Gasteiger partial charge in [-0.05, 0) is 31.0 Å². The van der Waals surface area contributed by atoms with E-state index in [0.29, 0.717) is 5.56 Å². The monoisotopic (exact) mass is 183 g/mol. The van der Waals surface area contributed by atoms with Crippen molar-refractivity contribution in [3.8, 4) is 0 Å².